The number of benzene rings is 1. The number of nitrogens with zero attached hydrogens (tertiary/aromatic N) is 1. The van der Waals surface area contributed by atoms with E-state index in [9.17, 15) is 4.79 Å². The number of aromatic nitrogens is 1. The average molecular weight is 338 g/mol. The first-order valence-electron chi connectivity index (χ1n) is 7.17. The van der Waals surface area contributed by atoms with Gasteiger partial charge in [-0.2, -0.15) is 0 Å². The Kier molecular flexibility index (Phi) is 5.73. The molecule has 2 aromatic rings. The number of ketones is 1. The zero-order valence-electron chi connectivity index (χ0n) is 13.0. The van der Waals surface area contributed by atoms with Crippen LogP contribution in [-0.4, -0.2) is 33.1 Å². The predicted molar refractivity (Wildman–Crippen MR) is 93.6 cm³/mol. The summed E-state index contributed by atoms with van der Waals surface area (Å²) in [4.78, 5) is 12.6. The molecule has 1 atom stereocenters. The Morgan fingerprint density at radius 1 is 1.32 bits per heavy atom. The third-order valence-corrected chi connectivity index (χ3v) is 4.99. The van der Waals surface area contributed by atoms with Gasteiger partial charge < -0.3 is 9.67 Å². The first-order chi connectivity index (χ1) is 10.5. The van der Waals surface area contributed by atoms with Crippen molar-refractivity contribution in [3.63, 3.8) is 0 Å². The lowest BCUT2D eigenvalue weighted by atomic mass is 10.1. The van der Waals surface area contributed by atoms with Crippen molar-refractivity contribution < 1.29 is 9.90 Å². The summed E-state index contributed by atoms with van der Waals surface area (Å²) in [7, 11) is 0. The van der Waals surface area contributed by atoms with Gasteiger partial charge >= 0.3 is 0 Å². The lowest BCUT2D eigenvalue weighted by Crippen LogP contribution is -2.15. The van der Waals surface area contributed by atoms with Gasteiger partial charge in [0.15, 0.2) is 5.78 Å². The van der Waals surface area contributed by atoms with Crippen LogP contribution in [-0.2, 0) is 0 Å². The summed E-state index contributed by atoms with van der Waals surface area (Å²) in [6.45, 7) is 5.92. The molecule has 22 heavy (non-hydrogen) atoms. The van der Waals surface area contributed by atoms with Crippen LogP contribution in [0.2, 0.25) is 5.02 Å². The number of rotatable bonds is 6. The van der Waals surface area contributed by atoms with Crippen LogP contribution in [0.3, 0.4) is 0 Å². The van der Waals surface area contributed by atoms with Crippen molar-refractivity contribution >= 4 is 29.1 Å². The molecule has 0 saturated carbocycles. The van der Waals surface area contributed by atoms with Gasteiger partial charge in [-0.3, -0.25) is 4.79 Å². The number of Topliss-reactive ketones (excluding diaryl/α,β-unsaturated/α-hetero) is 1. The normalized spacial score (nSPS) is 12.4. The summed E-state index contributed by atoms with van der Waals surface area (Å²) in [5.41, 5.74) is 3.68. The number of aliphatic hydroxyl groups excluding tert-OH is 1. The number of aliphatic hydroxyl groups is 1. The maximum absolute atomic E-state index is 12.6. The third kappa shape index (κ3) is 3.57. The molecule has 1 aromatic heterocycles. The first-order valence-corrected chi connectivity index (χ1v) is 8.60. The van der Waals surface area contributed by atoms with Crippen LogP contribution in [0.15, 0.2) is 30.3 Å². The molecule has 5 heteroatoms. The number of halogens is 1. The summed E-state index contributed by atoms with van der Waals surface area (Å²) in [5.74, 6) is 0.676. The van der Waals surface area contributed by atoms with Crippen molar-refractivity contribution in [1.29, 1.82) is 0 Å². The smallest absolute Gasteiger partial charge is 0.177 e. The van der Waals surface area contributed by atoms with Crippen molar-refractivity contribution in [1.82, 2.24) is 4.57 Å². The van der Waals surface area contributed by atoms with Crippen LogP contribution in [0.4, 0.5) is 0 Å². The molecule has 0 saturated heterocycles. The highest BCUT2D eigenvalue weighted by molar-refractivity contribution is 8.00. The number of carbonyl (C=O) groups excluding carboxylic acids is 1. The fourth-order valence-corrected chi connectivity index (χ4v) is 3.39. The van der Waals surface area contributed by atoms with Crippen LogP contribution >= 0.6 is 23.4 Å². The summed E-state index contributed by atoms with van der Waals surface area (Å²) >= 11 is 7.41. The quantitative estimate of drug-likeness (QED) is 0.809. The summed E-state index contributed by atoms with van der Waals surface area (Å²) in [6.07, 6.45) is 0. The fourth-order valence-electron chi connectivity index (χ4n) is 2.52. The van der Waals surface area contributed by atoms with Crippen molar-refractivity contribution in [3.05, 3.63) is 52.3 Å². The standard InChI is InChI=1S/C17H20ClNO2S/c1-11-10-16(17(21)13(3)22-9-8-20)12(2)19(11)15-6-4-14(18)5-7-15/h4-7,10,13,20H,8-9H2,1-3H3/t13-/m1/s1. The lowest BCUT2D eigenvalue weighted by molar-refractivity contribution is 0.0993. The van der Waals surface area contributed by atoms with Gasteiger partial charge in [0.2, 0.25) is 0 Å². The van der Waals surface area contributed by atoms with Crippen LogP contribution in [0.1, 0.15) is 28.7 Å². The number of carbonyl (C=O) groups is 1. The Labute approximate surface area is 140 Å². The lowest BCUT2D eigenvalue weighted by Gasteiger charge is -2.12. The molecule has 1 aromatic carbocycles. The molecule has 3 nitrogen and oxygen atoms in total. The van der Waals surface area contributed by atoms with Crippen LogP contribution in [0, 0.1) is 13.8 Å². The van der Waals surface area contributed by atoms with Crippen LogP contribution < -0.4 is 0 Å². The minimum atomic E-state index is -0.161. The highest BCUT2D eigenvalue weighted by atomic mass is 35.5. The SMILES string of the molecule is Cc1cc(C(=O)[C@@H](C)SCCO)c(C)n1-c1ccc(Cl)cc1. The molecule has 0 spiro atoms. The van der Waals surface area contributed by atoms with Gasteiger partial charge in [-0.15, -0.1) is 11.8 Å². The Morgan fingerprint density at radius 2 is 1.95 bits per heavy atom. The number of aryl methyl sites for hydroxylation is 1. The molecule has 0 bridgehead atoms. The minimum Gasteiger partial charge on any atom is -0.396 e. The summed E-state index contributed by atoms with van der Waals surface area (Å²) < 4.78 is 2.06. The van der Waals surface area contributed by atoms with E-state index in [1.807, 2.05) is 51.1 Å². The second-order valence-corrected chi connectivity index (χ2v) is 7.08. The van der Waals surface area contributed by atoms with Crippen LogP contribution in [0.5, 0.6) is 0 Å². The second-order valence-electron chi connectivity index (χ2n) is 5.20. The van der Waals surface area contributed by atoms with Gasteiger partial charge in [0, 0.05) is 33.4 Å². The van der Waals surface area contributed by atoms with E-state index in [-0.39, 0.29) is 17.6 Å². The number of hydrogen-bond acceptors (Lipinski definition) is 3. The van der Waals surface area contributed by atoms with Gasteiger partial charge in [-0.05, 0) is 51.1 Å². The van der Waals surface area contributed by atoms with Crippen LogP contribution in [0.25, 0.3) is 5.69 Å². The van der Waals surface area contributed by atoms with E-state index >= 15 is 0 Å². The first kappa shape index (κ1) is 17.1. The van der Waals surface area contributed by atoms with E-state index in [1.54, 1.807) is 0 Å². The third-order valence-electron chi connectivity index (χ3n) is 3.61. The van der Waals surface area contributed by atoms with Crippen molar-refractivity contribution in [2.24, 2.45) is 0 Å². The Balaban J connectivity index is 2.34. The van der Waals surface area contributed by atoms with Gasteiger partial charge in [0.1, 0.15) is 0 Å². The molecule has 0 unspecified atom stereocenters. The highest BCUT2D eigenvalue weighted by Crippen LogP contribution is 2.25. The molecule has 0 aliphatic carbocycles. The van der Waals surface area contributed by atoms with Crippen molar-refractivity contribution in [3.8, 4) is 5.69 Å². The van der Waals surface area contributed by atoms with Crippen molar-refractivity contribution in [2.45, 2.75) is 26.0 Å². The Morgan fingerprint density at radius 3 is 2.55 bits per heavy atom. The topological polar surface area (TPSA) is 42.2 Å². The van der Waals surface area contributed by atoms with E-state index in [1.165, 1.54) is 11.8 Å². The maximum Gasteiger partial charge on any atom is 0.177 e. The predicted octanol–water partition coefficient (Wildman–Crippen LogP) is 4.04. The molecule has 0 aliphatic heterocycles. The van der Waals surface area contributed by atoms with E-state index < -0.39 is 0 Å². The zero-order valence-corrected chi connectivity index (χ0v) is 14.5. The molecule has 2 rings (SSSR count). The van der Waals surface area contributed by atoms with E-state index in [4.69, 9.17) is 16.7 Å². The number of hydrogen-bond donors (Lipinski definition) is 1. The minimum absolute atomic E-state index is 0.0894. The zero-order chi connectivity index (χ0) is 16.3. The largest absolute Gasteiger partial charge is 0.396 e. The molecular formula is C17H20ClNO2S. The van der Waals surface area contributed by atoms with Gasteiger partial charge in [-0.1, -0.05) is 11.6 Å². The molecule has 0 radical (unpaired) electrons. The summed E-state index contributed by atoms with van der Waals surface area (Å²) in [5, 5.41) is 9.42. The molecule has 0 fully saturated rings. The average Bonchev–Trinajstić information content (AvgIpc) is 2.80. The Bertz CT molecular complexity index is 664. The molecule has 1 heterocycles. The van der Waals surface area contributed by atoms with Gasteiger partial charge in [-0.25, -0.2) is 0 Å². The maximum atomic E-state index is 12.6. The molecule has 0 aliphatic rings. The van der Waals surface area contributed by atoms with Crippen molar-refractivity contribution in [2.75, 3.05) is 12.4 Å². The molecule has 0 amide bonds. The molecular weight excluding hydrogens is 318 g/mol. The van der Waals surface area contributed by atoms with Gasteiger partial charge in [0.25, 0.3) is 0 Å². The fraction of sp³-hybridized carbons (Fsp3) is 0.353. The van der Waals surface area contributed by atoms with E-state index in [2.05, 4.69) is 4.57 Å². The van der Waals surface area contributed by atoms with E-state index in [0.29, 0.717) is 10.8 Å². The monoisotopic (exact) mass is 337 g/mol. The molecule has 1 N–H and O–H groups in total. The number of thioether (sulfide) groups is 1. The van der Waals surface area contributed by atoms with Gasteiger partial charge in [0.05, 0.1) is 11.9 Å². The second kappa shape index (κ2) is 7.36. The molecule has 118 valence electrons. The highest BCUT2D eigenvalue weighted by Gasteiger charge is 2.21. The van der Waals surface area contributed by atoms with E-state index in [0.717, 1.165) is 22.6 Å². The Hall–Kier alpha value is -1.23. The summed E-state index contributed by atoms with van der Waals surface area (Å²) in [6, 6.07) is 9.51.